The fraction of sp³-hybridized carbons (Fsp3) is 0.538. The van der Waals surface area contributed by atoms with E-state index >= 15 is 0 Å². The number of hydrogen-bond acceptors (Lipinski definition) is 4. The highest BCUT2D eigenvalue weighted by atomic mass is 32.2. The van der Waals surface area contributed by atoms with E-state index in [0.29, 0.717) is 17.8 Å². The summed E-state index contributed by atoms with van der Waals surface area (Å²) in [5, 5.41) is 8.62. The van der Waals surface area contributed by atoms with E-state index in [-0.39, 0.29) is 17.6 Å². The lowest BCUT2D eigenvalue weighted by molar-refractivity contribution is -0.136. The zero-order chi connectivity index (χ0) is 15.4. The molecule has 0 spiro atoms. The molecule has 0 fully saturated rings. The van der Waals surface area contributed by atoms with E-state index in [9.17, 15) is 13.2 Å². The minimum atomic E-state index is -3.41. The standard InChI is InChI=1S/C13H20N2O4S/c1-13(2,3)6-7-20(18,19)15-11-5-4-10(14-9-11)8-12(16)17/h4-5,9,15H,6-8H2,1-3H3,(H,16,17). The fourth-order valence-electron chi connectivity index (χ4n) is 1.42. The molecule has 0 bridgehead atoms. The summed E-state index contributed by atoms with van der Waals surface area (Å²) in [6.45, 7) is 5.93. The van der Waals surface area contributed by atoms with Gasteiger partial charge in [-0.15, -0.1) is 0 Å². The maximum absolute atomic E-state index is 11.9. The van der Waals surface area contributed by atoms with Crippen LogP contribution in [0.15, 0.2) is 18.3 Å². The van der Waals surface area contributed by atoms with Gasteiger partial charge in [-0.2, -0.15) is 0 Å². The van der Waals surface area contributed by atoms with Crippen molar-refractivity contribution in [3.63, 3.8) is 0 Å². The van der Waals surface area contributed by atoms with E-state index < -0.39 is 16.0 Å². The minimum absolute atomic E-state index is 0.0351. The third-order valence-electron chi connectivity index (χ3n) is 2.55. The van der Waals surface area contributed by atoms with Crippen molar-refractivity contribution in [1.29, 1.82) is 0 Å². The lowest BCUT2D eigenvalue weighted by Gasteiger charge is -2.18. The molecule has 20 heavy (non-hydrogen) atoms. The van der Waals surface area contributed by atoms with Crippen LogP contribution in [0.1, 0.15) is 32.9 Å². The monoisotopic (exact) mass is 300 g/mol. The number of aromatic nitrogens is 1. The lowest BCUT2D eigenvalue weighted by atomic mass is 9.94. The number of carboxylic acids is 1. The van der Waals surface area contributed by atoms with Gasteiger partial charge in [0.1, 0.15) is 0 Å². The van der Waals surface area contributed by atoms with Crippen molar-refractivity contribution in [3.8, 4) is 0 Å². The second-order valence-electron chi connectivity index (χ2n) is 5.84. The molecule has 0 aromatic carbocycles. The van der Waals surface area contributed by atoms with Crippen molar-refractivity contribution in [2.75, 3.05) is 10.5 Å². The van der Waals surface area contributed by atoms with Crippen molar-refractivity contribution < 1.29 is 18.3 Å². The molecule has 1 aromatic rings. The van der Waals surface area contributed by atoms with Gasteiger partial charge in [-0.25, -0.2) is 8.42 Å². The number of anilines is 1. The molecule has 7 heteroatoms. The molecule has 0 unspecified atom stereocenters. The van der Waals surface area contributed by atoms with Gasteiger partial charge >= 0.3 is 5.97 Å². The van der Waals surface area contributed by atoms with Gasteiger partial charge < -0.3 is 5.11 Å². The molecule has 0 amide bonds. The van der Waals surface area contributed by atoms with Gasteiger partial charge in [0.25, 0.3) is 0 Å². The van der Waals surface area contributed by atoms with Crippen LogP contribution in [-0.2, 0) is 21.2 Å². The number of carbonyl (C=O) groups is 1. The number of hydrogen-bond donors (Lipinski definition) is 2. The smallest absolute Gasteiger partial charge is 0.309 e. The summed E-state index contributed by atoms with van der Waals surface area (Å²) < 4.78 is 26.2. The van der Waals surface area contributed by atoms with Crippen molar-refractivity contribution in [2.24, 2.45) is 5.41 Å². The molecule has 0 aliphatic heterocycles. The van der Waals surface area contributed by atoms with Gasteiger partial charge in [0.05, 0.1) is 29.8 Å². The SMILES string of the molecule is CC(C)(C)CCS(=O)(=O)Nc1ccc(CC(=O)O)nc1. The Morgan fingerprint density at radius 1 is 1.35 bits per heavy atom. The third-order valence-corrected chi connectivity index (χ3v) is 3.84. The Balaban J connectivity index is 2.66. The first-order valence-electron chi connectivity index (χ1n) is 6.25. The summed E-state index contributed by atoms with van der Waals surface area (Å²) in [4.78, 5) is 14.4. The lowest BCUT2D eigenvalue weighted by Crippen LogP contribution is -2.21. The van der Waals surface area contributed by atoms with Crippen LogP contribution < -0.4 is 4.72 Å². The highest BCUT2D eigenvalue weighted by Crippen LogP contribution is 2.20. The molecule has 1 rings (SSSR count). The first-order chi connectivity index (χ1) is 9.07. The van der Waals surface area contributed by atoms with Crippen LogP contribution in [0.3, 0.4) is 0 Å². The molecule has 0 saturated heterocycles. The van der Waals surface area contributed by atoms with Crippen LogP contribution in [0.2, 0.25) is 0 Å². The molecule has 0 atom stereocenters. The number of aliphatic carboxylic acids is 1. The van der Waals surface area contributed by atoms with E-state index in [1.807, 2.05) is 20.8 Å². The molecule has 0 aliphatic rings. The maximum atomic E-state index is 11.9. The zero-order valence-electron chi connectivity index (χ0n) is 11.9. The number of carboxylic acid groups (broad SMARTS) is 1. The summed E-state index contributed by atoms with van der Waals surface area (Å²) in [6, 6.07) is 3.01. The van der Waals surface area contributed by atoms with Crippen molar-refractivity contribution in [1.82, 2.24) is 4.98 Å². The second-order valence-corrected chi connectivity index (χ2v) is 7.68. The first kappa shape index (κ1) is 16.4. The van der Waals surface area contributed by atoms with Gasteiger partial charge in [0, 0.05) is 0 Å². The largest absolute Gasteiger partial charge is 0.481 e. The van der Waals surface area contributed by atoms with Gasteiger partial charge in [-0.1, -0.05) is 20.8 Å². The minimum Gasteiger partial charge on any atom is -0.481 e. The Hall–Kier alpha value is -1.63. The Morgan fingerprint density at radius 2 is 2.00 bits per heavy atom. The Kier molecular flexibility index (Phi) is 5.10. The third kappa shape index (κ3) is 6.51. The molecule has 0 aliphatic carbocycles. The molecule has 6 nitrogen and oxygen atoms in total. The number of rotatable bonds is 6. The van der Waals surface area contributed by atoms with Crippen molar-refractivity contribution in [3.05, 3.63) is 24.0 Å². The summed E-state index contributed by atoms with van der Waals surface area (Å²) in [5.41, 5.74) is 0.668. The highest BCUT2D eigenvalue weighted by Gasteiger charge is 2.17. The van der Waals surface area contributed by atoms with E-state index in [2.05, 4.69) is 9.71 Å². The fourth-order valence-corrected chi connectivity index (χ4v) is 2.88. The Labute approximate surface area is 119 Å². The second kappa shape index (κ2) is 6.21. The number of sulfonamides is 1. The number of pyridine rings is 1. The quantitative estimate of drug-likeness (QED) is 0.836. The van der Waals surface area contributed by atoms with Crippen LogP contribution >= 0.6 is 0 Å². The van der Waals surface area contributed by atoms with Gasteiger partial charge in [-0.05, 0) is 24.0 Å². The molecule has 2 N–H and O–H groups in total. The molecule has 0 saturated carbocycles. The van der Waals surface area contributed by atoms with Crippen LogP contribution in [0.25, 0.3) is 0 Å². The average Bonchev–Trinajstić information content (AvgIpc) is 2.28. The Morgan fingerprint density at radius 3 is 2.45 bits per heavy atom. The van der Waals surface area contributed by atoms with Gasteiger partial charge in [0.2, 0.25) is 10.0 Å². The molecule has 0 radical (unpaired) electrons. The average molecular weight is 300 g/mol. The van der Waals surface area contributed by atoms with E-state index in [1.165, 1.54) is 18.3 Å². The van der Waals surface area contributed by atoms with Crippen molar-refractivity contribution >= 4 is 21.7 Å². The molecular formula is C13H20N2O4S. The van der Waals surface area contributed by atoms with Crippen LogP contribution in [0.4, 0.5) is 5.69 Å². The topological polar surface area (TPSA) is 96.4 Å². The normalized spacial score (nSPS) is 12.2. The van der Waals surface area contributed by atoms with Gasteiger partial charge in [-0.3, -0.25) is 14.5 Å². The van der Waals surface area contributed by atoms with Crippen LogP contribution in [-0.4, -0.2) is 30.2 Å². The zero-order valence-corrected chi connectivity index (χ0v) is 12.7. The number of nitrogens with one attached hydrogen (secondary N) is 1. The van der Waals surface area contributed by atoms with Crippen LogP contribution in [0.5, 0.6) is 0 Å². The summed E-state index contributed by atoms with van der Waals surface area (Å²) in [6.07, 6.45) is 1.69. The van der Waals surface area contributed by atoms with Crippen LogP contribution in [0, 0.1) is 5.41 Å². The molecule has 112 valence electrons. The molecule has 1 heterocycles. The summed E-state index contributed by atoms with van der Waals surface area (Å²) in [5.74, 6) is -0.941. The maximum Gasteiger partial charge on any atom is 0.309 e. The molecular weight excluding hydrogens is 280 g/mol. The summed E-state index contributed by atoms with van der Waals surface area (Å²) in [7, 11) is -3.41. The van der Waals surface area contributed by atoms with E-state index in [1.54, 1.807) is 0 Å². The van der Waals surface area contributed by atoms with E-state index in [0.717, 1.165) is 0 Å². The highest BCUT2D eigenvalue weighted by molar-refractivity contribution is 7.92. The molecule has 1 aromatic heterocycles. The predicted octanol–water partition coefficient (Wildman–Crippen LogP) is 1.89. The van der Waals surface area contributed by atoms with E-state index in [4.69, 9.17) is 5.11 Å². The van der Waals surface area contributed by atoms with Crippen molar-refractivity contribution in [2.45, 2.75) is 33.6 Å². The van der Waals surface area contributed by atoms with Gasteiger partial charge in [0.15, 0.2) is 0 Å². The summed E-state index contributed by atoms with van der Waals surface area (Å²) >= 11 is 0. The predicted molar refractivity (Wildman–Crippen MR) is 77.1 cm³/mol. The number of nitrogens with zero attached hydrogens (tertiary/aromatic N) is 1. The Bertz CT molecular complexity index is 559. The first-order valence-corrected chi connectivity index (χ1v) is 7.90.